The third-order valence-electron chi connectivity index (χ3n) is 6.14. The molecule has 3 aromatic rings. The zero-order valence-corrected chi connectivity index (χ0v) is 20.3. The molecule has 192 valence electrons. The molecule has 1 aliphatic heterocycles. The van der Waals surface area contributed by atoms with Crippen molar-refractivity contribution in [3.05, 3.63) is 83.2 Å². The van der Waals surface area contributed by atoms with Crippen LogP contribution in [0.3, 0.4) is 0 Å². The fourth-order valence-corrected chi connectivity index (χ4v) is 4.27. The van der Waals surface area contributed by atoms with Crippen molar-refractivity contribution < 1.29 is 32.3 Å². The average Bonchev–Trinajstić information content (AvgIpc) is 3.18. The first-order valence-electron chi connectivity index (χ1n) is 11.5. The van der Waals surface area contributed by atoms with Crippen molar-refractivity contribution in [3.63, 3.8) is 0 Å². The minimum absolute atomic E-state index is 0.00317. The van der Waals surface area contributed by atoms with Gasteiger partial charge in [0, 0.05) is 24.0 Å². The van der Waals surface area contributed by atoms with Crippen molar-refractivity contribution in [3.8, 4) is 11.1 Å². The van der Waals surface area contributed by atoms with E-state index >= 15 is 0 Å². The van der Waals surface area contributed by atoms with Gasteiger partial charge in [0.1, 0.15) is 11.7 Å². The number of ether oxygens (including phenoxy) is 1. The minimum atomic E-state index is -4.58. The van der Waals surface area contributed by atoms with Gasteiger partial charge in [-0.25, -0.2) is 4.79 Å². The number of nitrogens with one attached hydrogen (secondary N) is 1. The monoisotopic (exact) mass is 511 g/mol. The van der Waals surface area contributed by atoms with E-state index in [1.54, 1.807) is 30.3 Å². The van der Waals surface area contributed by atoms with E-state index in [0.29, 0.717) is 11.3 Å². The van der Waals surface area contributed by atoms with Gasteiger partial charge in [0.05, 0.1) is 12.7 Å². The Labute approximate surface area is 211 Å². The molecular weight excluding hydrogens is 487 g/mol. The third-order valence-corrected chi connectivity index (χ3v) is 6.14. The Hall–Kier alpha value is -4.21. The van der Waals surface area contributed by atoms with Crippen LogP contribution in [0.4, 0.5) is 18.9 Å². The van der Waals surface area contributed by atoms with Gasteiger partial charge in [0.25, 0.3) is 11.8 Å². The van der Waals surface area contributed by atoms with Crippen molar-refractivity contribution in [2.45, 2.75) is 32.6 Å². The van der Waals surface area contributed by atoms with Gasteiger partial charge in [0.15, 0.2) is 0 Å². The van der Waals surface area contributed by atoms with E-state index in [1.165, 1.54) is 12.0 Å². The Morgan fingerprint density at radius 3 is 2.27 bits per heavy atom. The SMILES string of the molecule is COC(=O)C(C(C)C)N1Cc2cc(-c3ccc(NC(=O)c4ccc(C(F)(F)F)nc4)cc3)ccc2C1=O. The maximum absolute atomic E-state index is 13.0. The maximum atomic E-state index is 13.0. The number of hydrogen-bond acceptors (Lipinski definition) is 5. The van der Waals surface area contributed by atoms with E-state index < -0.39 is 29.8 Å². The average molecular weight is 512 g/mol. The zero-order valence-electron chi connectivity index (χ0n) is 20.3. The Balaban J connectivity index is 1.48. The molecule has 2 aromatic carbocycles. The lowest BCUT2D eigenvalue weighted by Crippen LogP contribution is -2.45. The van der Waals surface area contributed by atoms with Gasteiger partial charge in [-0.15, -0.1) is 0 Å². The highest BCUT2D eigenvalue weighted by Crippen LogP contribution is 2.32. The number of benzene rings is 2. The van der Waals surface area contributed by atoms with Gasteiger partial charge >= 0.3 is 12.1 Å². The standard InChI is InChI=1S/C27H24F3N3O4/c1-15(2)23(26(36)37-3)33-14-19-12-17(6-10-21(19)25(33)35)16-4-8-20(9-5-16)32-24(34)18-7-11-22(31-13-18)27(28,29)30/h4-13,15,23H,14H2,1-3H3,(H,32,34). The van der Waals surface area contributed by atoms with Crippen LogP contribution in [0.1, 0.15) is 45.8 Å². The molecule has 10 heteroatoms. The van der Waals surface area contributed by atoms with Crippen LogP contribution in [-0.2, 0) is 22.3 Å². The summed E-state index contributed by atoms with van der Waals surface area (Å²) in [5.74, 6) is -1.38. The molecule has 1 N–H and O–H groups in total. The molecule has 1 aliphatic rings. The second kappa shape index (κ2) is 10.0. The van der Waals surface area contributed by atoms with Gasteiger partial charge in [-0.2, -0.15) is 13.2 Å². The summed E-state index contributed by atoms with van der Waals surface area (Å²) in [6, 6.07) is 13.5. The molecule has 1 aromatic heterocycles. The van der Waals surface area contributed by atoms with Crippen LogP contribution < -0.4 is 5.32 Å². The lowest BCUT2D eigenvalue weighted by Gasteiger charge is -2.28. The highest BCUT2D eigenvalue weighted by molar-refractivity contribution is 6.04. The second-order valence-corrected chi connectivity index (χ2v) is 8.98. The number of hydrogen-bond donors (Lipinski definition) is 1. The van der Waals surface area contributed by atoms with E-state index in [9.17, 15) is 27.6 Å². The third kappa shape index (κ3) is 5.32. The molecule has 0 radical (unpaired) electrons. The van der Waals surface area contributed by atoms with Crippen LogP contribution in [-0.4, -0.2) is 40.8 Å². The van der Waals surface area contributed by atoms with Gasteiger partial charge in [-0.1, -0.05) is 32.0 Å². The number of halogens is 3. The lowest BCUT2D eigenvalue weighted by molar-refractivity contribution is -0.147. The smallest absolute Gasteiger partial charge is 0.433 e. The summed E-state index contributed by atoms with van der Waals surface area (Å²) in [5, 5.41) is 2.63. The van der Waals surface area contributed by atoms with Crippen LogP contribution in [0.15, 0.2) is 60.8 Å². The first-order chi connectivity index (χ1) is 17.5. The van der Waals surface area contributed by atoms with Crippen molar-refractivity contribution in [1.29, 1.82) is 0 Å². The maximum Gasteiger partial charge on any atom is 0.433 e. The molecule has 0 spiro atoms. The number of nitrogens with zero attached hydrogens (tertiary/aromatic N) is 2. The Morgan fingerprint density at radius 2 is 1.70 bits per heavy atom. The molecule has 37 heavy (non-hydrogen) atoms. The lowest BCUT2D eigenvalue weighted by atomic mass is 10.0. The number of alkyl halides is 3. The number of carbonyl (C=O) groups is 3. The second-order valence-electron chi connectivity index (χ2n) is 8.98. The molecule has 1 unspecified atom stereocenters. The molecule has 0 saturated heterocycles. The number of pyridine rings is 1. The quantitative estimate of drug-likeness (QED) is 0.461. The summed E-state index contributed by atoms with van der Waals surface area (Å²) in [7, 11) is 1.30. The normalized spacial score (nSPS) is 13.9. The number of amides is 2. The number of methoxy groups -OCH3 is 1. The fourth-order valence-electron chi connectivity index (χ4n) is 4.27. The molecule has 0 aliphatic carbocycles. The number of fused-ring (bicyclic) bond motifs is 1. The van der Waals surface area contributed by atoms with E-state index in [-0.39, 0.29) is 23.9 Å². The van der Waals surface area contributed by atoms with E-state index in [1.807, 2.05) is 26.0 Å². The van der Waals surface area contributed by atoms with Crippen molar-refractivity contribution >= 4 is 23.5 Å². The summed E-state index contributed by atoms with van der Waals surface area (Å²) in [6.07, 6.45) is -3.70. The number of aromatic nitrogens is 1. The molecule has 1 atom stereocenters. The van der Waals surface area contributed by atoms with E-state index in [0.717, 1.165) is 35.0 Å². The highest BCUT2D eigenvalue weighted by Gasteiger charge is 2.38. The summed E-state index contributed by atoms with van der Waals surface area (Å²) in [6.45, 7) is 4.00. The first-order valence-corrected chi connectivity index (χ1v) is 11.5. The topological polar surface area (TPSA) is 88.6 Å². The molecule has 7 nitrogen and oxygen atoms in total. The van der Waals surface area contributed by atoms with Crippen LogP contribution in [0.5, 0.6) is 0 Å². The highest BCUT2D eigenvalue weighted by atomic mass is 19.4. The Morgan fingerprint density at radius 1 is 1.03 bits per heavy atom. The molecular formula is C27H24F3N3O4. The number of esters is 1. The van der Waals surface area contributed by atoms with Crippen molar-refractivity contribution in [1.82, 2.24) is 9.88 Å². The van der Waals surface area contributed by atoms with Crippen LogP contribution in [0, 0.1) is 5.92 Å². The van der Waals surface area contributed by atoms with E-state index in [4.69, 9.17) is 4.74 Å². The first kappa shape index (κ1) is 25.9. The summed E-state index contributed by atoms with van der Waals surface area (Å²) >= 11 is 0. The predicted octanol–water partition coefficient (Wildman–Crippen LogP) is 5.17. The number of carbonyl (C=O) groups excluding carboxylic acids is 3. The van der Waals surface area contributed by atoms with E-state index in [2.05, 4.69) is 10.3 Å². The van der Waals surface area contributed by atoms with Gasteiger partial charge < -0.3 is 15.0 Å². The molecule has 2 heterocycles. The number of rotatable bonds is 6. The molecule has 0 bridgehead atoms. The van der Waals surface area contributed by atoms with Crippen LogP contribution >= 0.6 is 0 Å². The summed E-state index contributed by atoms with van der Waals surface area (Å²) in [4.78, 5) is 42.5. The number of anilines is 1. The molecule has 0 fully saturated rings. The van der Waals surface area contributed by atoms with Crippen molar-refractivity contribution in [2.75, 3.05) is 12.4 Å². The van der Waals surface area contributed by atoms with Crippen LogP contribution in [0.2, 0.25) is 0 Å². The molecule has 4 rings (SSSR count). The largest absolute Gasteiger partial charge is 0.467 e. The predicted molar refractivity (Wildman–Crippen MR) is 130 cm³/mol. The van der Waals surface area contributed by atoms with Gasteiger partial charge in [-0.3, -0.25) is 14.6 Å². The summed E-state index contributed by atoms with van der Waals surface area (Å²) in [5.41, 5.74) is 2.38. The van der Waals surface area contributed by atoms with Gasteiger partial charge in [-0.05, 0) is 59.0 Å². The van der Waals surface area contributed by atoms with Crippen molar-refractivity contribution in [2.24, 2.45) is 5.92 Å². The Bertz CT molecular complexity index is 1340. The molecule has 0 saturated carbocycles. The van der Waals surface area contributed by atoms with Gasteiger partial charge in [0.2, 0.25) is 0 Å². The Kier molecular flexibility index (Phi) is 7.02. The summed E-state index contributed by atoms with van der Waals surface area (Å²) < 4.78 is 42.9. The minimum Gasteiger partial charge on any atom is -0.467 e. The van der Waals surface area contributed by atoms with Crippen LogP contribution in [0.25, 0.3) is 11.1 Å². The zero-order chi connectivity index (χ0) is 26.9. The fraction of sp³-hybridized carbons (Fsp3) is 0.259. The molecule has 2 amide bonds.